The van der Waals surface area contributed by atoms with Crippen LogP contribution >= 0.6 is 0 Å². The fourth-order valence-corrected chi connectivity index (χ4v) is 1.81. The van der Waals surface area contributed by atoms with Crippen molar-refractivity contribution in [1.82, 2.24) is 5.32 Å². The van der Waals surface area contributed by atoms with E-state index in [4.69, 9.17) is 14.6 Å². The number of nitrogens with one attached hydrogen (secondary N) is 1. The molecule has 1 saturated heterocycles. The topological polar surface area (TPSA) is 67.8 Å². The molecule has 1 fully saturated rings. The standard InChI is InChI=1S/C10H19NO4/c1-10(4-3-5-15-7-10)11-8(6-14-2)9(12)13/h8,11H,3-7H2,1-2H3,(H,12,13). The van der Waals surface area contributed by atoms with Crippen molar-refractivity contribution in [3.63, 3.8) is 0 Å². The number of carboxylic acid groups (broad SMARTS) is 1. The van der Waals surface area contributed by atoms with Crippen molar-refractivity contribution < 1.29 is 19.4 Å². The molecular weight excluding hydrogens is 198 g/mol. The van der Waals surface area contributed by atoms with Crippen molar-refractivity contribution in [3.8, 4) is 0 Å². The van der Waals surface area contributed by atoms with E-state index in [0.717, 1.165) is 19.4 Å². The number of hydrogen-bond donors (Lipinski definition) is 2. The van der Waals surface area contributed by atoms with Gasteiger partial charge in [0.15, 0.2) is 0 Å². The van der Waals surface area contributed by atoms with Gasteiger partial charge in [-0.1, -0.05) is 0 Å². The number of aliphatic carboxylic acids is 1. The summed E-state index contributed by atoms with van der Waals surface area (Å²) in [5.74, 6) is -0.886. The predicted molar refractivity (Wildman–Crippen MR) is 54.9 cm³/mol. The number of hydrogen-bond acceptors (Lipinski definition) is 4. The van der Waals surface area contributed by atoms with Crippen LogP contribution in [0.1, 0.15) is 19.8 Å². The van der Waals surface area contributed by atoms with Crippen molar-refractivity contribution in [3.05, 3.63) is 0 Å². The maximum Gasteiger partial charge on any atom is 0.323 e. The van der Waals surface area contributed by atoms with Crippen molar-refractivity contribution in [1.29, 1.82) is 0 Å². The zero-order valence-corrected chi connectivity index (χ0v) is 9.28. The lowest BCUT2D eigenvalue weighted by molar-refractivity contribution is -0.142. The minimum absolute atomic E-state index is 0.172. The lowest BCUT2D eigenvalue weighted by Crippen LogP contribution is -2.56. The van der Waals surface area contributed by atoms with Gasteiger partial charge < -0.3 is 14.6 Å². The van der Waals surface area contributed by atoms with E-state index in [0.29, 0.717) is 6.61 Å². The van der Waals surface area contributed by atoms with E-state index in [-0.39, 0.29) is 12.1 Å². The molecule has 0 radical (unpaired) electrons. The summed E-state index contributed by atoms with van der Waals surface area (Å²) in [5, 5.41) is 12.0. The minimum Gasteiger partial charge on any atom is -0.480 e. The van der Waals surface area contributed by atoms with Crippen LogP contribution in [0.5, 0.6) is 0 Å². The van der Waals surface area contributed by atoms with Crippen LogP contribution in [0, 0.1) is 0 Å². The minimum atomic E-state index is -0.886. The van der Waals surface area contributed by atoms with E-state index in [1.165, 1.54) is 7.11 Å². The van der Waals surface area contributed by atoms with Crippen molar-refractivity contribution >= 4 is 5.97 Å². The summed E-state index contributed by atoms with van der Waals surface area (Å²) >= 11 is 0. The van der Waals surface area contributed by atoms with E-state index < -0.39 is 12.0 Å². The van der Waals surface area contributed by atoms with Gasteiger partial charge in [-0.3, -0.25) is 10.1 Å². The van der Waals surface area contributed by atoms with Crippen LogP contribution in [-0.2, 0) is 14.3 Å². The van der Waals surface area contributed by atoms with E-state index in [9.17, 15) is 4.79 Å². The van der Waals surface area contributed by atoms with Gasteiger partial charge in [0.25, 0.3) is 0 Å². The Bertz CT molecular complexity index is 213. The molecule has 2 unspecified atom stereocenters. The molecule has 88 valence electrons. The van der Waals surface area contributed by atoms with Gasteiger partial charge in [0.05, 0.1) is 13.2 Å². The molecule has 0 saturated carbocycles. The largest absolute Gasteiger partial charge is 0.480 e. The fraction of sp³-hybridized carbons (Fsp3) is 0.900. The molecular formula is C10H19NO4. The van der Waals surface area contributed by atoms with Crippen LogP contribution in [0.15, 0.2) is 0 Å². The smallest absolute Gasteiger partial charge is 0.323 e. The maximum absolute atomic E-state index is 10.9. The SMILES string of the molecule is COCC(NC1(C)CCCOC1)C(=O)O. The van der Waals surface area contributed by atoms with Crippen molar-refractivity contribution in [2.75, 3.05) is 26.9 Å². The first kappa shape index (κ1) is 12.4. The predicted octanol–water partition coefficient (Wildman–Crippen LogP) is 0.245. The second-order valence-electron chi connectivity index (χ2n) is 4.21. The van der Waals surface area contributed by atoms with Gasteiger partial charge in [-0.15, -0.1) is 0 Å². The molecule has 5 heteroatoms. The summed E-state index contributed by atoms with van der Waals surface area (Å²) in [6.07, 6.45) is 1.89. The van der Waals surface area contributed by atoms with Crippen LogP contribution in [0.2, 0.25) is 0 Å². The number of carbonyl (C=O) groups is 1. The number of rotatable bonds is 5. The third kappa shape index (κ3) is 3.77. The first-order chi connectivity index (χ1) is 7.07. The molecule has 1 rings (SSSR count). The molecule has 1 heterocycles. The summed E-state index contributed by atoms with van der Waals surface area (Å²) in [6, 6.07) is -0.665. The average molecular weight is 217 g/mol. The Kier molecular flexibility index (Phi) is 4.50. The molecule has 0 bridgehead atoms. The van der Waals surface area contributed by atoms with Gasteiger partial charge in [0, 0.05) is 19.3 Å². The molecule has 0 aliphatic carbocycles. The Morgan fingerprint density at radius 3 is 2.93 bits per heavy atom. The van der Waals surface area contributed by atoms with E-state index in [1.807, 2.05) is 6.92 Å². The van der Waals surface area contributed by atoms with E-state index in [1.54, 1.807) is 0 Å². The zero-order valence-electron chi connectivity index (χ0n) is 9.28. The lowest BCUT2D eigenvalue weighted by atomic mass is 9.94. The quantitative estimate of drug-likeness (QED) is 0.690. The van der Waals surface area contributed by atoms with Gasteiger partial charge in [-0.2, -0.15) is 0 Å². The first-order valence-electron chi connectivity index (χ1n) is 5.14. The molecule has 0 aromatic carbocycles. The average Bonchev–Trinajstić information content (AvgIpc) is 2.18. The highest BCUT2D eigenvalue weighted by atomic mass is 16.5. The summed E-state index contributed by atoms with van der Waals surface area (Å²) in [7, 11) is 1.50. The Labute approximate surface area is 89.8 Å². The molecule has 0 amide bonds. The molecule has 2 N–H and O–H groups in total. The summed E-state index contributed by atoms with van der Waals surface area (Å²) < 4.78 is 10.2. The van der Waals surface area contributed by atoms with E-state index >= 15 is 0 Å². The Balaban J connectivity index is 2.51. The monoisotopic (exact) mass is 217 g/mol. The summed E-state index contributed by atoms with van der Waals surface area (Å²) in [5.41, 5.74) is -0.250. The van der Waals surface area contributed by atoms with Gasteiger partial charge in [0.2, 0.25) is 0 Å². The molecule has 2 atom stereocenters. The van der Waals surface area contributed by atoms with Crippen molar-refractivity contribution in [2.45, 2.75) is 31.3 Å². The first-order valence-corrected chi connectivity index (χ1v) is 5.14. The Morgan fingerprint density at radius 2 is 2.47 bits per heavy atom. The van der Waals surface area contributed by atoms with Crippen LogP contribution in [0.4, 0.5) is 0 Å². The Morgan fingerprint density at radius 1 is 1.73 bits per heavy atom. The Hall–Kier alpha value is -0.650. The van der Waals surface area contributed by atoms with Gasteiger partial charge in [0.1, 0.15) is 6.04 Å². The van der Waals surface area contributed by atoms with Crippen LogP contribution in [0.25, 0.3) is 0 Å². The van der Waals surface area contributed by atoms with E-state index in [2.05, 4.69) is 5.32 Å². The second-order valence-corrected chi connectivity index (χ2v) is 4.21. The highest BCUT2D eigenvalue weighted by Crippen LogP contribution is 2.19. The highest BCUT2D eigenvalue weighted by Gasteiger charge is 2.32. The normalized spacial score (nSPS) is 28.7. The maximum atomic E-state index is 10.9. The summed E-state index contributed by atoms with van der Waals surface area (Å²) in [6.45, 7) is 3.47. The van der Waals surface area contributed by atoms with Gasteiger partial charge >= 0.3 is 5.97 Å². The van der Waals surface area contributed by atoms with Gasteiger partial charge in [-0.25, -0.2) is 0 Å². The number of carboxylic acids is 1. The fourth-order valence-electron chi connectivity index (χ4n) is 1.81. The number of ether oxygens (including phenoxy) is 2. The molecule has 0 spiro atoms. The molecule has 5 nitrogen and oxygen atoms in total. The highest BCUT2D eigenvalue weighted by molar-refractivity contribution is 5.73. The summed E-state index contributed by atoms with van der Waals surface area (Å²) in [4.78, 5) is 10.9. The molecule has 1 aliphatic heterocycles. The second kappa shape index (κ2) is 5.44. The van der Waals surface area contributed by atoms with Crippen LogP contribution in [0.3, 0.4) is 0 Å². The van der Waals surface area contributed by atoms with Crippen LogP contribution in [-0.4, -0.2) is 49.6 Å². The zero-order chi connectivity index (χ0) is 11.3. The van der Waals surface area contributed by atoms with Gasteiger partial charge in [-0.05, 0) is 19.8 Å². The number of methoxy groups -OCH3 is 1. The molecule has 15 heavy (non-hydrogen) atoms. The lowest BCUT2D eigenvalue weighted by Gasteiger charge is -2.36. The third-order valence-corrected chi connectivity index (χ3v) is 2.59. The van der Waals surface area contributed by atoms with Crippen molar-refractivity contribution in [2.24, 2.45) is 0 Å². The third-order valence-electron chi connectivity index (χ3n) is 2.59. The molecule has 0 aromatic rings. The molecule has 0 aromatic heterocycles. The van der Waals surface area contributed by atoms with Crippen LogP contribution < -0.4 is 5.32 Å². The molecule has 1 aliphatic rings.